The van der Waals surface area contributed by atoms with Crippen LogP contribution >= 0.6 is 0 Å². The van der Waals surface area contributed by atoms with E-state index in [2.05, 4.69) is 34.4 Å². The smallest absolute Gasteiger partial charge is 0.237 e. The molecule has 1 fully saturated rings. The molecule has 0 aromatic carbocycles. The summed E-state index contributed by atoms with van der Waals surface area (Å²) in [5, 5.41) is 17.0. The van der Waals surface area contributed by atoms with E-state index in [4.69, 9.17) is 0 Å². The molecule has 4 N–H and O–H groups in total. The Balaban J connectivity index is 1.97. The maximum absolute atomic E-state index is 12.9. The number of carbonyl (C=O) groups excluding carboxylic acids is 1. The van der Waals surface area contributed by atoms with Crippen LogP contribution in [0.5, 0.6) is 0 Å². The summed E-state index contributed by atoms with van der Waals surface area (Å²) in [4.78, 5) is 20.0. The number of likely N-dealkylation sites (N-methyl/N-ethyl adjacent to an activating group) is 1. The Kier molecular flexibility index (Phi) is 9.28. The molecule has 6 heteroatoms. The van der Waals surface area contributed by atoms with Crippen LogP contribution in [0.3, 0.4) is 0 Å². The van der Waals surface area contributed by atoms with E-state index in [0.717, 1.165) is 25.0 Å². The van der Waals surface area contributed by atoms with E-state index in [9.17, 15) is 9.90 Å². The zero-order chi connectivity index (χ0) is 19.6. The van der Waals surface area contributed by atoms with Crippen LogP contribution in [0.25, 0.3) is 0 Å². The van der Waals surface area contributed by atoms with Crippen molar-refractivity contribution in [1.29, 1.82) is 0 Å². The van der Waals surface area contributed by atoms with Gasteiger partial charge < -0.3 is 20.7 Å². The van der Waals surface area contributed by atoms with Crippen molar-refractivity contribution < 1.29 is 9.90 Å². The van der Waals surface area contributed by atoms with E-state index in [1.165, 1.54) is 32.1 Å². The quantitative estimate of drug-likeness (QED) is 0.477. The first-order chi connectivity index (χ1) is 13.0. The normalized spacial score (nSPS) is 19.0. The topological polar surface area (TPSA) is 90.0 Å². The van der Waals surface area contributed by atoms with Gasteiger partial charge in [0.2, 0.25) is 5.91 Å². The second-order valence-corrected chi connectivity index (χ2v) is 8.50. The van der Waals surface area contributed by atoms with Gasteiger partial charge in [0.1, 0.15) is 0 Å². The molecule has 1 aromatic heterocycles. The summed E-state index contributed by atoms with van der Waals surface area (Å²) in [7, 11) is 1.79. The van der Waals surface area contributed by atoms with Crippen molar-refractivity contribution in [3.8, 4) is 0 Å². The Bertz CT molecular complexity index is 526. The minimum atomic E-state index is -0.485. The summed E-state index contributed by atoms with van der Waals surface area (Å²) >= 11 is 0. The number of imidazole rings is 1. The third kappa shape index (κ3) is 7.62. The fraction of sp³-hybridized carbons (Fsp3) is 0.810. The molecule has 6 nitrogen and oxygen atoms in total. The Labute approximate surface area is 163 Å². The molecule has 1 amide bonds. The standard InChI is InChI=1S/C21H38N4O2/c1-15(2)9-10-20(26)18(11-16-7-5-4-6-8-16)25-21(27)19(22-3)12-17-13-23-14-24-17/h13-16,18-20,22,26H,4-12H2,1-3H3,(H,23,24)(H,25,27)/t18-,19-,20-/m0/s1. The Morgan fingerprint density at radius 2 is 2.04 bits per heavy atom. The fourth-order valence-corrected chi connectivity index (χ4v) is 4.02. The van der Waals surface area contributed by atoms with Crippen molar-refractivity contribution in [2.24, 2.45) is 11.8 Å². The number of hydrogen-bond acceptors (Lipinski definition) is 4. The lowest BCUT2D eigenvalue weighted by Crippen LogP contribution is -2.52. The lowest BCUT2D eigenvalue weighted by Gasteiger charge is -2.31. The second-order valence-electron chi connectivity index (χ2n) is 8.50. The molecule has 154 valence electrons. The van der Waals surface area contributed by atoms with Gasteiger partial charge in [-0.25, -0.2) is 4.98 Å². The van der Waals surface area contributed by atoms with Crippen LogP contribution in [0.15, 0.2) is 12.5 Å². The number of carbonyl (C=O) groups is 1. The summed E-state index contributed by atoms with van der Waals surface area (Å²) in [5.41, 5.74) is 0.855. The number of aromatic nitrogens is 2. The molecule has 2 rings (SSSR count). The molecule has 0 aliphatic heterocycles. The highest BCUT2D eigenvalue weighted by molar-refractivity contribution is 5.82. The number of aliphatic hydroxyl groups is 1. The summed E-state index contributed by atoms with van der Waals surface area (Å²) in [6, 6.07) is -0.520. The van der Waals surface area contributed by atoms with E-state index in [1.54, 1.807) is 13.4 Å². The van der Waals surface area contributed by atoms with Crippen LogP contribution in [0.4, 0.5) is 0 Å². The Morgan fingerprint density at radius 3 is 2.63 bits per heavy atom. The third-order valence-corrected chi connectivity index (χ3v) is 5.78. The first-order valence-corrected chi connectivity index (χ1v) is 10.6. The van der Waals surface area contributed by atoms with E-state index < -0.39 is 6.10 Å². The molecule has 0 spiro atoms. The van der Waals surface area contributed by atoms with Gasteiger partial charge in [-0.15, -0.1) is 0 Å². The van der Waals surface area contributed by atoms with Gasteiger partial charge in [-0.05, 0) is 38.1 Å². The van der Waals surface area contributed by atoms with Gasteiger partial charge in [-0.1, -0.05) is 46.0 Å². The van der Waals surface area contributed by atoms with Gasteiger partial charge in [0, 0.05) is 12.6 Å². The second kappa shape index (κ2) is 11.4. The van der Waals surface area contributed by atoms with Crippen LogP contribution in [0.1, 0.15) is 70.9 Å². The number of nitrogens with one attached hydrogen (secondary N) is 3. The van der Waals surface area contributed by atoms with Gasteiger partial charge in [-0.3, -0.25) is 4.79 Å². The molecule has 3 atom stereocenters. The molecular weight excluding hydrogens is 340 g/mol. The van der Waals surface area contributed by atoms with E-state index >= 15 is 0 Å². The Morgan fingerprint density at radius 1 is 1.30 bits per heavy atom. The van der Waals surface area contributed by atoms with Crippen molar-refractivity contribution in [2.75, 3.05) is 7.05 Å². The third-order valence-electron chi connectivity index (χ3n) is 5.78. The molecular formula is C21H38N4O2. The van der Waals surface area contributed by atoms with Crippen molar-refractivity contribution in [3.63, 3.8) is 0 Å². The van der Waals surface area contributed by atoms with Gasteiger partial charge in [0.05, 0.1) is 30.2 Å². The molecule has 0 bridgehead atoms. The lowest BCUT2D eigenvalue weighted by atomic mass is 9.83. The lowest BCUT2D eigenvalue weighted by molar-refractivity contribution is -0.124. The van der Waals surface area contributed by atoms with Crippen molar-refractivity contribution in [1.82, 2.24) is 20.6 Å². The van der Waals surface area contributed by atoms with E-state index in [1.807, 2.05) is 6.20 Å². The SMILES string of the molecule is CN[C@@H](Cc1c[nH]cn1)C(=O)N[C@@H](CC1CCCCC1)[C@@H](O)CCC(C)C. The molecule has 1 saturated carbocycles. The van der Waals surface area contributed by atoms with Crippen molar-refractivity contribution in [2.45, 2.75) is 89.8 Å². The first-order valence-electron chi connectivity index (χ1n) is 10.6. The molecule has 1 aromatic rings. The average molecular weight is 379 g/mol. The van der Waals surface area contributed by atoms with Gasteiger partial charge >= 0.3 is 0 Å². The number of aliphatic hydroxyl groups excluding tert-OH is 1. The largest absolute Gasteiger partial charge is 0.391 e. The first kappa shape index (κ1) is 21.9. The molecule has 0 saturated heterocycles. The number of rotatable bonds is 11. The molecule has 0 unspecified atom stereocenters. The van der Waals surface area contributed by atoms with Gasteiger partial charge in [0.15, 0.2) is 0 Å². The van der Waals surface area contributed by atoms with Crippen LogP contribution < -0.4 is 10.6 Å². The molecule has 1 aliphatic carbocycles. The minimum absolute atomic E-state index is 0.0510. The predicted molar refractivity (Wildman–Crippen MR) is 108 cm³/mol. The van der Waals surface area contributed by atoms with E-state index in [-0.39, 0.29) is 18.0 Å². The number of nitrogens with zero attached hydrogens (tertiary/aromatic N) is 1. The molecule has 0 radical (unpaired) electrons. The van der Waals surface area contributed by atoms with E-state index in [0.29, 0.717) is 18.3 Å². The summed E-state index contributed by atoms with van der Waals surface area (Å²) in [6.07, 6.45) is 12.4. The molecule has 1 heterocycles. The predicted octanol–water partition coefficient (Wildman–Crippen LogP) is 2.79. The summed E-state index contributed by atoms with van der Waals surface area (Å²) < 4.78 is 0. The fourth-order valence-electron chi connectivity index (χ4n) is 4.02. The number of H-pyrrole nitrogens is 1. The molecule has 1 aliphatic rings. The summed E-state index contributed by atoms with van der Waals surface area (Å²) in [5.74, 6) is 1.11. The zero-order valence-corrected chi connectivity index (χ0v) is 17.2. The Hall–Kier alpha value is -1.40. The summed E-state index contributed by atoms with van der Waals surface area (Å²) in [6.45, 7) is 4.34. The number of amides is 1. The minimum Gasteiger partial charge on any atom is -0.391 e. The van der Waals surface area contributed by atoms with Crippen LogP contribution in [0, 0.1) is 11.8 Å². The van der Waals surface area contributed by atoms with Crippen LogP contribution in [0.2, 0.25) is 0 Å². The maximum Gasteiger partial charge on any atom is 0.237 e. The van der Waals surface area contributed by atoms with Gasteiger partial charge in [-0.2, -0.15) is 0 Å². The highest BCUT2D eigenvalue weighted by Gasteiger charge is 2.28. The molecule has 27 heavy (non-hydrogen) atoms. The maximum atomic E-state index is 12.9. The van der Waals surface area contributed by atoms with Crippen LogP contribution in [-0.2, 0) is 11.2 Å². The highest BCUT2D eigenvalue weighted by atomic mass is 16.3. The highest BCUT2D eigenvalue weighted by Crippen LogP contribution is 2.28. The van der Waals surface area contributed by atoms with Gasteiger partial charge in [0.25, 0.3) is 0 Å². The zero-order valence-electron chi connectivity index (χ0n) is 17.2. The number of aromatic amines is 1. The van der Waals surface area contributed by atoms with Crippen molar-refractivity contribution in [3.05, 3.63) is 18.2 Å². The average Bonchev–Trinajstić information content (AvgIpc) is 3.17. The number of hydrogen-bond donors (Lipinski definition) is 4. The monoisotopic (exact) mass is 378 g/mol. The van der Waals surface area contributed by atoms with Crippen LogP contribution in [-0.4, -0.2) is 46.2 Å². The van der Waals surface area contributed by atoms with Crippen molar-refractivity contribution >= 4 is 5.91 Å².